The van der Waals surface area contributed by atoms with E-state index in [-0.39, 0.29) is 12.3 Å². The normalized spacial score (nSPS) is 13.7. The summed E-state index contributed by atoms with van der Waals surface area (Å²) in [5.41, 5.74) is 0. The predicted molar refractivity (Wildman–Crippen MR) is 53.8 cm³/mol. The third kappa shape index (κ3) is 7.78. The molecule has 0 aromatic carbocycles. The molecule has 1 atom stereocenters. The third-order valence-electron chi connectivity index (χ3n) is 1.82. The standard InChI is InChI=1S/C10H21NO2/c1-8(2)6-11(4)7-9(3)5-10(12)13/h8-9H,5-7H2,1-4H3,(H,12,13). The Morgan fingerprint density at radius 1 is 1.31 bits per heavy atom. The molecule has 3 heteroatoms. The zero-order chi connectivity index (χ0) is 10.4. The summed E-state index contributed by atoms with van der Waals surface area (Å²) in [7, 11) is 2.04. The van der Waals surface area contributed by atoms with Crippen LogP contribution in [0.4, 0.5) is 0 Å². The number of rotatable bonds is 6. The van der Waals surface area contributed by atoms with E-state index in [1.807, 2.05) is 14.0 Å². The maximum absolute atomic E-state index is 10.4. The summed E-state index contributed by atoms with van der Waals surface area (Å²) in [5.74, 6) is 0.175. The Labute approximate surface area is 80.7 Å². The number of aliphatic carboxylic acids is 1. The molecule has 0 heterocycles. The lowest BCUT2D eigenvalue weighted by atomic mass is 10.1. The number of carbonyl (C=O) groups is 1. The second-order valence-corrected chi connectivity index (χ2v) is 4.32. The summed E-state index contributed by atoms with van der Waals surface area (Å²) in [6.07, 6.45) is 0.266. The van der Waals surface area contributed by atoms with Crippen LogP contribution in [0.5, 0.6) is 0 Å². The van der Waals surface area contributed by atoms with Crippen LogP contribution in [0.3, 0.4) is 0 Å². The summed E-state index contributed by atoms with van der Waals surface area (Å²) >= 11 is 0. The van der Waals surface area contributed by atoms with Crippen LogP contribution in [0.15, 0.2) is 0 Å². The summed E-state index contributed by atoms with van der Waals surface area (Å²) in [4.78, 5) is 12.6. The molecule has 0 aromatic rings. The predicted octanol–water partition coefficient (Wildman–Crippen LogP) is 1.69. The highest BCUT2D eigenvalue weighted by Gasteiger charge is 2.10. The minimum Gasteiger partial charge on any atom is -0.481 e. The minimum atomic E-state index is -0.703. The quantitative estimate of drug-likeness (QED) is 0.688. The third-order valence-corrected chi connectivity index (χ3v) is 1.82. The molecule has 0 fully saturated rings. The van der Waals surface area contributed by atoms with Crippen molar-refractivity contribution in [3.05, 3.63) is 0 Å². The fraction of sp³-hybridized carbons (Fsp3) is 0.900. The van der Waals surface area contributed by atoms with Crippen molar-refractivity contribution in [2.45, 2.75) is 27.2 Å². The Kier molecular flexibility index (Phi) is 5.71. The summed E-state index contributed by atoms with van der Waals surface area (Å²) in [5, 5.41) is 8.56. The second kappa shape index (κ2) is 5.97. The van der Waals surface area contributed by atoms with E-state index in [0.717, 1.165) is 13.1 Å². The van der Waals surface area contributed by atoms with Crippen molar-refractivity contribution >= 4 is 5.97 Å². The van der Waals surface area contributed by atoms with Gasteiger partial charge in [-0.25, -0.2) is 0 Å². The summed E-state index contributed by atoms with van der Waals surface area (Å²) in [6.45, 7) is 8.20. The van der Waals surface area contributed by atoms with E-state index in [4.69, 9.17) is 5.11 Å². The first-order valence-corrected chi connectivity index (χ1v) is 4.82. The van der Waals surface area contributed by atoms with Gasteiger partial charge in [-0.2, -0.15) is 0 Å². The zero-order valence-electron chi connectivity index (χ0n) is 9.08. The molecule has 78 valence electrons. The van der Waals surface area contributed by atoms with E-state index in [9.17, 15) is 4.79 Å². The molecule has 0 aliphatic heterocycles. The zero-order valence-corrected chi connectivity index (χ0v) is 9.08. The van der Waals surface area contributed by atoms with Crippen LogP contribution in [-0.4, -0.2) is 36.1 Å². The van der Waals surface area contributed by atoms with Gasteiger partial charge in [0, 0.05) is 19.5 Å². The Hall–Kier alpha value is -0.570. The number of nitrogens with zero attached hydrogens (tertiary/aromatic N) is 1. The lowest BCUT2D eigenvalue weighted by Gasteiger charge is -2.21. The second-order valence-electron chi connectivity index (χ2n) is 4.32. The van der Waals surface area contributed by atoms with Gasteiger partial charge in [0.15, 0.2) is 0 Å². The van der Waals surface area contributed by atoms with Gasteiger partial charge in [-0.15, -0.1) is 0 Å². The highest BCUT2D eigenvalue weighted by molar-refractivity contribution is 5.66. The molecule has 0 aromatic heterocycles. The first-order chi connectivity index (χ1) is 5.91. The SMILES string of the molecule is CC(C)CN(C)CC(C)CC(=O)O. The van der Waals surface area contributed by atoms with Crippen molar-refractivity contribution in [2.24, 2.45) is 11.8 Å². The molecule has 0 amide bonds. The molecule has 0 rings (SSSR count). The monoisotopic (exact) mass is 187 g/mol. The number of carboxylic acids is 1. The van der Waals surface area contributed by atoms with Crippen molar-refractivity contribution in [2.75, 3.05) is 20.1 Å². The average Bonchev–Trinajstić information content (AvgIpc) is 1.80. The molecule has 0 saturated carbocycles. The molecule has 1 unspecified atom stereocenters. The van der Waals surface area contributed by atoms with E-state index >= 15 is 0 Å². The molecule has 1 N–H and O–H groups in total. The molecule has 3 nitrogen and oxygen atoms in total. The van der Waals surface area contributed by atoms with Gasteiger partial charge < -0.3 is 10.0 Å². The number of hydrogen-bond acceptors (Lipinski definition) is 2. The Morgan fingerprint density at radius 3 is 2.23 bits per heavy atom. The van der Waals surface area contributed by atoms with Crippen molar-refractivity contribution < 1.29 is 9.90 Å². The van der Waals surface area contributed by atoms with E-state index in [1.54, 1.807) is 0 Å². The lowest BCUT2D eigenvalue weighted by Crippen LogP contribution is -2.29. The average molecular weight is 187 g/mol. The molecule has 13 heavy (non-hydrogen) atoms. The van der Waals surface area contributed by atoms with Crippen LogP contribution in [0, 0.1) is 11.8 Å². The molecular formula is C10H21NO2. The van der Waals surface area contributed by atoms with Crippen molar-refractivity contribution in [1.82, 2.24) is 4.90 Å². The van der Waals surface area contributed by atoms with Gasteiger partial charge in [0.1, 0.15) is 0 Å². The maximum Gasteiger partial charge on any atom is 0.303 e. The molecule has 0 saturated heterocycles. The Morgan fingerprint density at radius 2 is 1.85 bits per heavy atom. The van der Waals surface area contributed by atoms with E-state index in [2.05, 4.69) is 18.7 Å². The first-order valence-electron chi connectivity index (χ1n) is 4.82. The topological polar surface area (TPSA) is 40.5 Å². The van der Waals surface area contributed by atoms with Crippen LogP contribution in [-0.2, 0) is 4.79 Å². The van der Waals surface area contributed by atoms with Crippen LogP contribution in [0.2, 0.25) is 0 Å². The van der Waals surface area contributed by atoms with Gasteiger partial charge in [-0.1, -0.05) is 20.8 Å². The molecule has 0 bridgehead atoms. The van der Waals surface area contributed by atoms with Crippen LogP contribution >= 0.6 is 0 Å². The fourth-order valence-corrected chi connectivity index (χ4v) is 1.59. The highest BCUT2D eigenvalue weighted by atomic mass is 16.4. The maximum atomic E-state index is 10.4. The lowest BCUT2D eigenvalue weighted by molar-refractivity contribution is -0.138. The van der Waals surface area contributed by atoms with Crippen molar-refractivity contribution in [3.63, 3.8) is 0 Å². The van der Waals surface area contributed by atoms with Gasteiger partial charge in [-0.3, -0.25) is 4.79 Å². The van der Waals surface area contributed by atoms with Gasteiger partial charge in [-0.05, 0) is 18.9 Å². The van der Waals surface area contributed by atoms with Crippen LogP contribution < -0.4 is 0 Å². The largest absolute Gasteiger partial charge is 0.481 e. The Bertz CT molecular complexity index is 157. The van der Waals surface area contributed by atoms with Gasteiger partial charge in [0.25, 0.3) is 0 Å². The van der Waals surface area contributed by atoms with Gasteiger partial charge in [0.2, 0.25) is 0 Å². The van der Waals surface area contributed by atoms with E-state index in [1.165, 1.54) is 0 Å². The summed E-state index contributed by atoms with van der Waals surface area (Å²) < 4.78 is 0. The number of hydrogen-bond donors (Lipinski definition) is 1. The van der Waals surface area contributed by atoms with Crippen molar-refractivity contribution in [3.8, 4) is 0 Å². The molecule has 0 aliphatic rings. The van der Waals surface area contributed by atoms with Crippen LogP contribution in [0.25, 0.3) is 0 Å². The smallest absolute Gasteiger partial charge is 0.303 e. The molecular weight excluding hydrogens is 166 g/mol. The molecule has 0 spiro atoms. The minimum absolute atomic E-state index is 0.237. The van der Waals surface area contributed by atoms with E-state index < -0.39 is 5.97 Å². The highest BCUT2D eigenvalue weighted by Crippen LogP contribution is 2.05. The first kappa shape index (κ1) is 12.4. The molecule has 0 radical (unpaired) electrons. The van der Waals surface area contributed by atoms with E-state index in [0.29, 0.717) is 5.92 Å². The van der Waals surface area contributed by atoms with Gasteiger partial charge in [0.05, 0.1) is 0 Å². The summed E-state index contributed by atoms with van der Waals surface area (Å²) in [6, 6.07) is 0. The number of carboxylic acid groups (broad SMARTS) is 1. The Balaban J connectivity index is 3.64. The fourth-order valence-electron chi connectivity index (χ4n) is 1.59. The van der Waals surface area contributed by atoms with Crippen molar-refractivity contribution in [1.29, 1.82) is 0 Å². The van der Waals surface area contributed by atoms with Crippen LogP contribution in [0.1, 0.15) is 27.2 Å². The molecule has 0 aliphatic carbocycles. The van der Waals surface area contributed by atoms with Gasteiger partial charge >= 0.3 is 5.97 Å².